The summed E-state index contributed by atoms with van der Waals surface area (Å²) in [5.74, 6) is -0.0676. The van der Waals surface area contributed by atoms with Crippen LogP contribution in [0.2, 0.25) is 0 Å². The van der Waals surface area contributed by atoms with Crippen LogP contribution in [0.3, 0.4) is 0 Å². The van der Waals surface area contributed by atoms with Gasteiger partial charge in [-0.2, -0.15) is 0 Å². The number of amides is 1. The van der Waals surface area contributed by atoms with E-state index in [0.717, 1.165) is 35.0 Å². The molecule has 0 spiro atoms. The summed E-state index contributed by atoms with van der Waals surface area (Å²) in [6.07, 6.45) is 2.58. The number of rotatable bonds is 3. The number of nitrogens with one attached hydrogen (secondary N) is 1. The molecule has 1 amide bonds. The molecule has 1 aromatic carbocycles. The van der Waals surface area contributed by atoms with Crippen LogP contribution in [0.4, 0.5) is 5.69 Å². The van der Waals surface area contributed by atoms with Gasteiger partial charge in [0.15, 0.2) is 0 Å². The summed E-state index contributed by atoms with van der Waals surface area (Å²) in [7, 11) is 0. The van der Waals surface area contributed by atoms with Gasteiger partial charge in [0.1, 0.15) is 0 Å². The fourth-order valence-electron chi connectivity index (χ4n) is 1.99. The molecule has 0 radical (unpaired) electrons. The molecule has 1 aromatic rings. The summed E-state index contributed by atoms with van der Waals surface area (Å²) in [5, 5.41) is 12.2. The minimum Gasteiger partial charge on any atom is -0.395 e. The lowest BCUT2D eigenvalue weighted by Gasteiger charge is -2.38. The van der Waals surface area contributed by atoms with Gasteiger partial charge in [-0.15, -0.1) is 0 Å². The Bertz CT molecular complexity index is 436. The fourth-order valence-corrected chi connectivity index (χ4v) is 2.37. The molecule has 0 atom stereocenters. The molecule has 1 fully saturated rings. The van der Waals surface area contributed by atoms with Crippen molar-refractivity contribution >= 4 is 27.5 Å². The molecule has 0 aromatic heterocycles. The number of aryl methyl sites for hydroxylation is 1. The fraction of sp³-hybridized carbons (Fsp3) is 0.462. The normalized spacial score (nSPS) is 17.4. The molecule has 4 heteroatoms. The number of carbonyl (C=O) groups excluding carboxylic acids is 1. The molecule has 0 bridgehead atoms. The second kappa shape index (κ2) is 4.78. The summed E-state index contributed by atoms with van der Waals surface area (Å²) in [6.45, 7) is 1.93. The summed E-state index contributed by atoms with van der Waals surface area (Å²) in [5.41, 5.74) is 1.35. The summed E-state index contributed by atoms with van der Waals surface area (Å²) in [6, 6.07) is 5.71. The van der Waals surface area contributed by atoms with Crippen molar-refractivity contribution in [2.75, 3.05) is 11.9 Å². The Kier molecular flexibility index (Phi) is 3.54. The summed E-state index contributed by atoms with van der Waals surface area (Å²) in [4.78, 5) is 12.1. The third-order valence-electron chi connectivity index (χ3n) is 3.52. The van der Waals surface area contributed by atoms with Crippen LogP contribution in [0.25, 0.3) is 0 Å². The highest BCUT2D eigenvalue weighted by Gasteiger charge is 2.43. The first-order valence-electron chi connectivity index (χ1n) is 5.76. The van der Waals surface area contributed by atoms with Gasteiger partial charge >= 0.3 is 0 Å². The lowest BCUT2D eigenvalue weighted by molar-refractivity contribution is -0.133. The van der Waals surface area contributed by atoms with Crippen LogP contribution in [-0.4, -0.2) is 17.6 Å². The molecular formula is C13H16BrNO2. The average Bonchev–Trinajstić information content (AvgIpc) is 2.23. The van der Waals surface area contributed by atoms with Gasteiger partial charge in [0, 0.05) is 10.2 Å². The number of hydrogen-bond donors (Lipinski definition) is 2. The predicted octanol–water partition coefficient (Wildman–Crippen LogP) is 2.86. The number of aliphatic hydroxyl groups is 1. The maximum atomic E-state index is 12.1. The second-order valence-electron chi connectivity index (χ2n) is 4.71. The van der Waals surface area contributed by atoms with Gasteiger partial charge in [-0.1, -0.05) is 28.4 Å². The van der Waals surface area contributed by atoms with Gasteiger partial charge in [-0.05, 0) is 37.5 Å². The zero-order valence-corrected chi connectivity index (χ0v) is 11.4. The highest BCUT2D eigenvalue weighted by molar-refractivity contribution is 9.10. The van der Waals surface area contributed by atoms with Crippen LogP contribution in [0.5, 0.6) is 0 Å². The van der Waals surface area contributed by atoms with Crippen molar-refractivity contribution in [2.45, 2.75) is 26.2 Å². The number of benzene rings is 1. The Morgan fingerprint density at radius 3 is 2.71 bits per heavy atom. The number of anilines is 1. The van der Waals surface area contributed by atoms with E-state index in [1.807, 2.05) is 25.1 Å². The minimum atomic E-state index is -0.544. The third-order valence-corrected chi connectivity index (χ3v) is 4.38. The molecule has 0 saturated heterocycles. The molecular weight excluding hydrogens is 282 g/mol. The van der Waals surface area contributed by atoms with E-state index in [-0.39, 0.29) is 12.5 Å². The van der Waals surface area contributed by atoms with Crippen LogP contribution in [0, 0.1) is 12.3 Å². The third kappa shape index (κ3) is 2.38. The van der Waals surface area contributed by atoms with Crippen molar-refractivity contribution in [1.82, 2.24) is 0 Å². The van der Waals surface area contributed by atoms with Gasteiger partial charge in [0.2, 0.25) is 5.91 Å². The van der Waals surface area contributed by atoms with E-state index in [9.17, 15) is 9.90 Å². The number of halogens is 1. The molecule has 0 heterocycles. The van der Waals surface area contributed by atoms with Crippen molar-refractivity contribution in [2.24, 2.45) is 5.41 Å². The molecule has 0 aliphatic heterocycles. The van der Waals surface area contributed by atoms with Crippen molar-refractivity contribution in [3.63, 3.8) is 0 Å². The van der Waals surface area contributed by atoms with Gasteiger partial charge in [-0.25, -0.2) is 0 Å². The highest BCUT2D eigenvalue weighted by Crippen LogP contribution is 2.41. The Morgan fingerprint density at radius 1 is 1.53 bits per heavy atom. The minimum absolute atomic E-state index is 0.0636. The molecule has 17 heavy (non-hydrogen) atoms. The van der Waals surface area contributed by atoms with E-state index in [2.05, 4.69) is 21.2 Å². The van der Waals surface area contributed by atoms with E-state index in [1.165, 1.54) is 0 Å². The first-order chi connectivity index (χ1) is 8.07. The first kappa shape index (κ1) is 12.6. The van der Waals surface area contributed by atoms with Crippen molar-refractivity contribution in [1.29, 1.82) is 0 Å². The van der Waals surface area contributed by atoms with E-state index in [1.54, 1.807) is 0 Å². The zero-order chi connectivity index (χ0) is 12.5. The molecule has 1 aliphatic rings. The Labute approximate surface area is 109 Å². The van der Waals surface area contributed by atoms with Crippen LogP contribution >= 0.6 is 15.9 Å². The molecule has 0 unspecified atom stereocenters. The van der Waals surface area contributed by atoms with Gasteiger partial charge < -0.3 is 10.4 Å². The molecule has 1 saturated carbocycles. The number of hydrogen-bond acceptors (Lipinski definition) is 2. The van der Waals surface area contributed by atoms with Crippen LogP contribution in [0.15, 0.2) is 22.7 Å². The predicted molar refractivity (Wildman–Crippen MR) is 70.9 cm³/mol. The average molecular weight is 298 g/mol. The SMILES string of the molecule is Cc1ccc(NC(=O)C2(CO)CCC2)cc1Br. The van der Waals surface area contributed by atoms with Gasteiger partial charge in [-0.3, -0.25) is 4.79 Å². The summed E-state index contributed by atoms with van der Waals surface area (Å²) < 4.78 is 0.974. The zero-order valence-electron chi connectivity index (χ0n) is 9.79. The van der Waals surface area contributed by atoms with Crippen molar-refractivity contribution < 1.29 is 9.90 Å². The Balaban J connectivity index is 2.10. The lowest BCUT2D eigenvalue weighted by Crippen LogP contribution is -2.44. The van der Waals surface area contributed by atoms with Crippen LogP contribution in [0.1, 0.15) is 24.8 Å². The van der Waals surface area contributed by atoms with E-state index in [0.29, 0.717) is 0 Å². The first-order valence-corrected chi connectivity index (χ1v) is 6.55. The largest absolute Gasteiger partial charge is 0.395 e. The standard InChI is InChI=1S/C13H16BrNO2/c1-9-3-4-10(7-11(9)14)15-12(17)13(8-16)5-2-6-13/h3-4,7,16H,2,5-6,8H2,1H3,(H,15,17). The van der Waals surface area contributed by atoms with Crippen LogP contribution < -0.4 is 5.32 Å². The van der Waals surface area contributed by atoms with Crippen molar-refractivity contribution in [3.8, 4) is 0 Å². The Morgan fingerprint density at radius 2 is 2.24 bits per heavy atom. The second-order valence-corrected chi connectivity index (χ2v) is 5.56. The smallest absolute Gasteiger partial charge is 0.232 e. The maximum Gasteiger partial charge on any atom is 0.232 e. The van der Waals surface area contributed by atoms with E-state index in [4.69, 9.17) is 0 Å². The molecule has 2 N–H and O–H groups in total. The number of carbonyl (C=O) groups is 1. The van der Waals surface area contributed by atoms with E-state index >= 15 is 0 Å². The summed E-state index contributed by atoms with van der Waals surface area (Å²) >= 11 is 3.43. The lowest BCUT2D eigenvalue weighted by atomic mass is 9.68. The molecule has 1 aliphatic carbocycles. The molecule has 3 nitrogen and oxygen atoms in total. The van der Waals surface area contributed by atoms with Crippen LogP contribution in [-0.2, 0) is 4.79 Å². The molecule has 2 rings (SSSR count). The van der Waals surface area contributed by atoms with Gasteiger partial charge in [0.25, 0.3) is 0 Å². The Hall–Kier alpha value is -0.870. The topological polar surface area (TPSA) is 49.3 Å². The van der Waals surface area contributed by atoms with Crippen molar-refractivity contribution in [3.05, 3.63) is 28.2 Å². The maximum absolute atomic E-state index is 12.1. The highest BCUT2D eigenvalue weighted by atomic mass is 79.9. The number of aliphatic hydroxyl groups excluding tert-OH is 1. The van der Waals surface area contributed by atoms with E-state index < -0.39 is 5.41 Å². The quantitative estimate of drug-likeness (QED) is 0.901. The molecule has 92 valence electrons. The monoisotopic (exact) mass is 297 g/mol. The van der Waals surface area contributed by atoms with Gasteiger partial charge in [0.05, 0.1) is 12.0 Å².